The lowest BCUT2D eigenvalue weighted by atomic mass is 10.1. The van der Waals surface area contributed by atoms with Crippen LogP contribution < -0.4 is 4.74 Å². The Morgan fingerprint density at radius 3 is 2.44 bits per heavy atom. The standard InChI is InChI=1S/C19H17FO5/c1-23-17-9-8-16(20)11-15(17)12-25-18(21)10-5-13-3-6-14(7-4-13)19(22)24-2/h3-11H,12H2,1-2H3/b10-5+. The van der Waals surface area contributed by atoms with Gasteiger partial charge < -0.3 is 14.2 Å². The summed E-state index contributed by atoms with van der Waals surface area (Å²) >= 11 is 0. The van der Waals surface area contributed by atoms with Crippen LogP contribution in [0.3, 0.4) is 0 Å². The van der Waals surface area contributed by atoms with Gasteiger partial charge in [-0.05, 0) is 42.0 Å². The zero-order valence-corrected chi connectivity index (χ0v) is 13.8. The summed E-state index contributed by atoms with van der Waals surface area (Å²) < 4.78 is 28.0. The van der Waals surface area contributed by atoms with Crippen LogP contribution in [0.25, 0.3) is 6.08 Å². The van der Waals surface area contributed by atoms with Crippen molar-refractivity contribution >= 4 is 18.0 Å². The topological polar surface area (TPSA) is 61.8 Å². The van der Waals surface area contributed by atoms with Crippen LogP contribution in [0.2, 0.25) is 0 Å². The number of rotatable bonds is 6. The minimum atomic E-state index is -0.580. The molecule has 0 heterocycles. The molecule has 0 bridgehead atoms. The van der Waals surface area contributed by atoms with Crippen molar-refractivity contribution in [3.05, 3.63) is 71.0 Å². The smallest absolute Gasteiger partial charge is 0.337 e. The van der Waals surface area contributed by atoms with Gasteiger partial charge in [-0.2, -0.15) is 0 Å². The lowest BCUT2D eigenvalue weighted by Gasteiger charge is -2.08. The highest BCUT2D eigenvalue weighted by Crippen LogP contribution is 2.20. The van der Waals surface area contributed by atoms with Crippen molar-refractivity contribution in [3.63, 3.8) is 0 Å². The minimum absolute atomic E-state index is 0.106. The Balaban J connectivity index is 1.95. The summed E-state index contributed by atoms with van der Waals surface area (Å²) in [6.07, 6.45) is 2.80. The van der Waals surface area contributed by atoms with Gasteiger partial charge in [-0.1, -0.05) is 12.1 Å². The molecule has 0 amide bonds. The first-order chi connectivity index (χ1) is 12.0. The van der Waals surface area contributed by atoms with E-state index in [-0.39, 0.29) is 6.61 Å². The highest BCUT2D eigenvalue weighted by Gasteiger charge is 2.07. The van der Waals surface area contributed by atoms with Crippen molar-refractivity contribution in [2.75, 3.05) is 14.2 Å². The summed E-state index contributed by atoms with van der Waals surface area (Å²) in [4.78, 5) is 23.1. The lowest BCUT2D eigenvalue weighted by Crippen LogP contribution is -2.03. The van der Waals surface area contributed by atoms with E-state index >= 15 is 0 Å². The van der Waals surface area contributed by atoms with Gasteiger partial charge in [0, 0.05) is 11.6 Å². The zero-order chi connectivity index (χ0) is 18.2. The molecule has 2 aromatic carbocycles. The Hall–Kier alpha value is -3.15. The van der Waals surface area contributed by atoms with Crippen molar-refractivity contribution in [2.45, 2.75) is 6.61 Å². The lowest BCUT2D eigenvalue weighted by molar-refractivity contribution is -0.138. The fraction of sp³-hybridized carbons (Fsp3) is 0.158. The van der Waals surface area contributed by atoms with E-state index in [4.69, 9.17) is 9.47 Å². The molecule has 5 nitrogen and oxygen atoms in total. The third-order valence-electron chi connectivity index (χ3n) is 3.36. The zero-order valence-electron chi connectivity index (χ0n) is 13.8. The molecule has 25 heavy (non-hydrogen) atoms. The van der Waals surface area contributed by atoms with Crippen molar-refractivity contribution in [1.82, 2.24) is 0 Å². The molecule has 0 saturated heterocycles. The van der Waals surface area contributed by atoms with Gasteiger partial charge >= 0.3 is 11.9 Å². The molecule has 0 atom stereocenters. The molecule has 0 radical (unpaired) electrons. The maximum atomic E-state index is 13.2. The molecule has 2 aromatic rings. The number of hydrogen-bond acceptors (Lipinski definition) is 5. The third kappa shape index (κ3) is 5.17. The normalized spacial score (nSPS) is 10.5. The molecule has 0 aliphatic heterocycles. The van der Waals surface area contributed by atoms with Crippen LogP contribution in [0, 0.1) is 5.82 Å². The number of methoxy groups -OCH3 is 2. The van der Waals surface area contributed by atoms with Crippen LogP contribution in [0.4, 0.5) is 4.39 Å². The Morgan fingerprint density at radius 2 is 1.80 bits per heavy atom. The summed E-state index contributed by atoms with van der Waals surface area (Å²) in [6.45, 7) is -0.106. The molecular weight excluding hydrogens is 327 g/mol. The predicted molar refractivity (Wildman–Crippen MR) is 89.6 cm³/mol. The summed E-state index contributed by atoms with van der Waals surface area (Å²) in [5, 5.41) is 0. The van der Waals surface area contributed by atoms with Gasteiger partial charge in [0.25, 0.3) is 0 Å². The highest BCUT2D eigenvalue weighted by molar-refractivity contribution is 5.90. The average Bonchev–Trinajstić information content (AvgIpc) is 2.64. The molecule has 0 fully saturated rings. The van der Waals surface area contributed by atoms with E-state index in [1.807, 2.05) is 0 Å². The second kappa shape index (κ2) is 8.63. The summed E-state index contributed by atoms with van der Waals surface area (Å²) in [5.74, 6) is -1.01. The maximum absolute atomic E-state index is 13.2. The van der Waals surface area contributed by atoms with Gasteiger partial charge in [0.1, 0.15) is 18.2 Å². The predicted octanol–water partition coefficient (Wildman–Crippen LogP) is 3.38. The molecule has 0 spiro atoms. The molecular formula is C19H17FO5. The first kappa shape index (κ1) is 18.2. The summed E-state index contributed by atoms with van der Waals surface area (Å²) in [5.41, 5.74) is 1.57. The van der Waals surface area contributed by atoms with E-state index in [1.165, 1.54) is 38.5 Å². The highest BCUT2D eigenvalue weighted by atomic mass is 19.1. The van der Waals surface area contributed by atoms with Gasteiger partial charge in [-0.3, -0.25) is 0 Å². The summed E-state index contributed by atoms with van der Waals surface area (Å²) in [6, 6.07) is 10.5. The number of hydrogen-bond donors (Lipinski definition) is 0. The number of carbonyl (C=O) groups excluding carboxylic acids is 2. The van der Waals surface area contributed by atoms with E-state index in [2.05, 4.69) is 4.74 Å². The van der Waals surface area contributed by atoms with Gasteiger partial charge in [0.2, 0.25) is 0 Å². The van der Waals surface area contributed by atoms with Gasteiger partial charge in [-0.25, -0.2) is 14.0 Å². The number of ether oxygens (including phenoxy) is 3. The van der Waals surface area contributed by atoms with Crippen LogP contribution >= 0.6 is 0 Å². The van der Waals surface area contributed by atoms with Crippen molar-refractivity contribution in [3.8, 4) is 5.75 Å². The number of halogens is 1. The molecule has 0 unspecified atom stereocenters. The Morgan fingerprint density at radius 1 is 1.08 bits per heavy atom. The van der Waals surface area contributed by atoms with E-state index in [9.17, 15) is 14.0 Å². The second-order valence-electron chi connectivity index (χ2n) is 5.01. The minimum Gasteiger partial charge on any atom is -0.496 e. The van der Waals surface area contributed by atoms with E-state index in [0.29, 0.717) is 22.4 Å². The molecule has 0 aliphatic carbocycles. The first-order valence-corrected chi connectivity index (χ1v) is 7.39. The second-order valence-corrected chi connectivity index (χ2v) is 5.01. The molecule has 0 aliphatic rings. The van der Waals surface area contributed by atoms with E-state index in [0.717, 1.165) is 0 Å². The van der Waals surface area contributed by atoms with Gasteiger partial charge in [0.15, 0.2) is 0 Å². The number of carbonyl (C=O) groups is 2. The molecule has 130 valence electrons. The van der Waals surface area contributed by atoms with E-state index < -0.39 is 17.8 Å². The summed E-state index contributed by atoms with van der Waals surface area (Å²) in [7, 11) is 2.76. The Bertz CT molecular complexity index is 781. The first-order valence-electron chi connectivity index (χ1n) is 7.39. The Kier molecular flexibility index (Phi) is 6.28. The molecule has 6 heteroatoms. The maximum Gasteiger partial charge on any atom is 0.337 e. The molecule has 0 N–H and O–H groups in total. The number of esters is 2. The van der Waals surface area contributed by atoms with Crippen molar-refractivity contribution < 1.29 is 28.2 Å². The fourth-order valence-corrected chi connectivity index (χ4v) is 2.07. The van der Waals surface area contributed by atoms with Crippen molar-refractivity contribution in [2.24, 2.45) is 0 Å². The van der Waals surface area contributed by atoms with Gasteiger partial charge in [-0.15, -0.1) is 0 Å². The fourth-order valence-electron chi connectivity index (χ4n) is 2.07. The van der Waals surface area contributed by atoms with Crippen LogP contribution in [-0.2, 0) is 20.9 Å². The van der Waals surface area contributed by atoms with E-state index in [1.54, 1.807) is 30.3 Å². The van der Waals surface area contributed by atoms with Crippen LogP contribution in [0.15, 0.2) is 48.5 Å². The SMILES string of the molecule is COC(=O)c1ccc(/C=C/C(=O)OCc2cc(F)ccc2OC)cc1. The average molecular weight is 344 g/mol. The third-order valence-corrected chi connectivity index (χ3v) is 3.36. The quantitative estimate of drug-likeness (QED) is 0.594. The Labute approximate surface area is 144 Å². The molecule has 0 saturated carbocycles. The monoisotopic (exact) mass is 344 g/mol. The molecule has 0 aromatic heterocycles. The van der Waals surface area contributed by atoms with Crippen molar-refractivity contribution in [1.29, 1.82) is 0 Å². The largest absolute Gasteiger partial charge is 0.496 e. The van der Waals surface area contributed by atoms with Gasteiger partial charge in [0.05, 0.1) is 19.8 Å². The van der Waals surface area contributed by atoms with Crippen LogP contribution in [0.5, 0.6) is 5.75 Å². The van der Waals surface area contributed by atoms with Crippen LogP contribution in [0.1, 0.15) is 21.5 Å². The van der Waals surface area contributed by atoms with Crippen LogP contribution in [-0.4, -0.2) is 26.2 Å². The molecule has 2 rings (SSSR count). The number of benzene rings is 2.